The molecular formula is C17H19N3O. The normalized spacial score (nSPS) is 10.3. The maximum Gasteiger partial charge on any atom is 0.119 e. The summed E-state index contributed by atoms with van der Waals surface area (Å²) in [4.78, 5) is 2.16. The average molecular weight is 281 g/mol. The Hall–Kier alpha value is -2.51. The number of ether oxygens (including phenoxy) is 1. The van der Waals surface area contributed by atoms with Crippen LogP contribution in [-0.2, 0) is 6.54 Å². The quantitative estimate of drug-likeness (QED) is 0.827. The summed E-state index contributed by atoms with van der Waals surface area (Å²) in [7, 11) is 2.03. The molecule has 4 nitrogen and oxygen atoms in total. The first-order chi connectivity index (χ1) is 10.2. The van der Waals surface area contributed by atoms with Crippen molar-refractivity contribution in [3.05, 3.63) is 59.7 Å². The van der Waals surface area contributed by atoms with E-state index in [1.54, 1.807) is 0 Å². The van der Waals surface area contributed by atoms with E-state index < -0.39 is 0 Å². The second kappa shape index (κ2) is 7.32. The molecule has 0 atom stereocenters. The summed E-state index contributed by atoms with van der Waals surface area (Å²) < 4.78 is 5.66. The number of hydrogen-bond acceptors (Lipinski definition) is 4. The number of nitriles is 1. The Balaban J connectivity index is 1.78. The lowest BCUT2D eigenvalue weighted by Crippen LogP contribution is -2.23. The van der Waals surface area contributed by atoms with Crippen molar-refractivity contribution in [3.63, 3.8) is 0 Å². The van der Waals surface area contributed by atoms with E-state index in [1.807, 2.05) is 55.6 Å². The summed E-state index contributed by atoms with van der Waals surface area (Å²) in [5, 5.41) is 8.89. The number of anilines is 1. The fourth-order valence-electron chi connectivity index (χ4n) is 2.01. The second-order valence-electron chi connectivity index (χ2n) is 4.97. The van der Waals surface area contributed by atoms with Gasteiger partial charge in [-0.15, -0.1) is 0 Å². The van der Waals surface area contributed by atoms with E-state index in [1.165, 1.54) is 0 Å². The van der Waals surface area contributed by atoms with Crippen molar-refractivity contribution >= 4 is 5.69 Å². The molecule has 4 heteroatoms. The third-order valence-electron chi connectivity index (χ3n) is 3.13. The Kier molecular flexibility index (Phi) is 5.19. The molecule has 0 aliphatic heterocycles. The molecule has 0 aromatic heterocycles. The summed E-state index contributed by atoms with van der Waals surface area (Å²) in [6.07, 6.45) is 0. The van der Waals surface area contributed by atoms with Crippen molar-refractivity contribution in [3.8, 4) is 11.8 Å². The highest BCUT2D eigenvalue weighted by Gasteiger charge is 2.02. The van der Waals surface area contributed by atoms with Gasteiger partial charge in [-0.05, 0) is 49.0 Å². The van der Waals surface area contributed by atoms with Crippen molar-refractivity contribution < 1.29 is 4.74 Å². The van der Waals surface area contributed by atoms with Gasteiger partial charge in [-0.25, -0.2) is 0 Å². The van der Waals surface area contributed by atoms with Crippen LogP contribution in [0.4, 0.5) is 5.69 Å². The molecule has 21 heavy (non-hydrogen) atoms. The minimum absolute atomic E-state index is 0.609. The van der Waals surface area contributed by atoms with E-state index in [0.717, 1.165) is 30.1 Å². The zero-order valence-corrected chi connectivity index (χ0v) is 12.1. The van der Waals surface area contributed by atoms with Crippen molar-refractivity contribution in [2.45, 2.75) is 6.54 Å². The summed E-state index contributed by atoms with van der Waals surface area (Å²) in [5.41, 5.74) is 8.18. The maximum absolute atomic E-state index is 8.89. The predicted octanol–water partition coefficient (Wildman–Crippen LogP) is 2.65. The molecule has 0 heterocycles. The maximum atomic E-state index is 8.89. The Labute approximate surface area is 125 Å². The molecular weight excluding hydrogens is 262 g/mol. The van der Waals surface area contributed by atoms with Crippen LogP contribution in [0.15, 0.2) is 48.5 Å². The van der Waals surface area contributed by atoms with Gasteiger partial charge in [0, 0.05) is 18.8 Å². The van der Waals surface area contributed by atoms with Gasteiger partial charge < -0.3 is 10.5 Å². The molecule has 0 saturated carbocycles. The van der Waals surface area contributed by atoms with E-state index in [4.69, 9.17) is 15.7 Å². The average Bonchev–Trinajstić information content (AvgIpc) is 2.49. The molecule has 2 aromatic carbocycles. The van der Waals surface area contributed by atoms with Crippen molar-refractivity contribution in [1.29, 1.82) is 5.26 Å². The topological polar surface area (TPSA) is 62.3 Å². The lowest BCUT2D eigenvalue weighted by molar-refractivity contribution is 0.233. The first-order valence-corrected chi connectivity index (χ1v) is 6.83. The molecule has 0 saturated heterocycles. The number of likely N-dealkylation sites (N-methyl/N-ethyl adjacent to an activating group) is 1. The van der Waals surface area contributed by atoms with Gasteiger partial charge in [-0.2, -0.15) is 5.26 Å². The molecule has 0 bridgehead atoms. The zero-order valence-electron chi connectivity index (χ0n) is 12.1. The van der Waals surface area contributed by atoms with E-state index >= 15 is 0 Å². The zero-order chi connectivity index (χ0) is 15.1. The Morgan fingerprint density at radius 3 is 2.67 bits per heavy atom. The molecule has 0 unspecified atom stereocenters. The van der Waals surface area contributed by atoms with Crippen LogP contribution in [-0.4, -0.2) is 25.1 Å². The number of rotatable bonds is 6. The highest BCUT2D eigenvalue weighted by Crippen LogP contribution is 2.13. The molecule has 0 aliphatic carbocycles. The number of nitrogens with two attached hydrogens (primary N) is 1. The van der Waals surface area contributed by atoms with Crippen LogP contribution in [0.5, 0.6) is 5.75 Å². The van der Waals surface area contributed by atoms with Gasteiger partial charge in [0.2, 0.25) is 0 Å². The Morgan fingerprint density at radius 2 is 1.95 bits per heavy atom. The van der Waals surface area contributed by atoms with E-state index in [2.05, 4.69) is 11.0 Å². The minimum Gasteiger partial charge on any atom is -0.492 e. The lowest BCUT2D eigenvalue weighted by Gasteiger charge is -2.17. The van der Waals surface area contributed by atoms with E-state index in [9.17, 15) is 0 Å². The van der Waals surface area contributed by atoms with Crippen LogP contribution in [0.1, 0.15) is 11.1 Å². The van der Waals surface area contributed by atoms with Crippen molar-refractivity contribution in [2.75, 3.05) is 25.9 Å². The van der Waals surface area contributed by atoms with Crippen molar-refractivity contribution in [2.24, 2.45) is 0 Å². The van der Waals surface area contributed by atoms with Gasteiger partial charge in [0.25, 0.3) is 0 Å². The highest BCUT2D eigenvalue weighted by molar-refractivity contribution is 5.41. The summed E-state index contributed by atoms with van der Waals surface area (Å²) in [5.74, 6) is 0.823. The molecule has 108 valence electrons. The molecule has 2 aromatic rings. The van der Waals surface area contributed by atoms with Gasteiger partial charge >= 0.3 is 0 Å². The van der Waals surface area contributed by atoms with Gasteiger partial charge in [-0.1, -0.05) is 12.1 Å². The standard InChI is InChI=1S/C17H19N3O/c1-20(13-15-4-2-3-14(11-15)12-18)9-10-21-17-7-5-16(19)6-8-17/h2-8,11H,9-10,13,19H2,1H3. The molecule has 0 amide bonds. The SMILES string of the molecule is CN(CCOc1ccc(N)cc1)Cc1cccc(C#N)c1. The number of nitrogens with zero attached hydrogens (tertiary/aromatic N) is 2. The fraction of sp³-hybridized carbons (Fsp3) is 0.235. The summed E-state index contributed by atoms with van der Waals surface area (Å²) in [6.45, 7) is 2.21. The molecule has 0 radical (unpaired) electrons. The third-order valence-corrected chi connectivity index (χ3v) is 3.13. The molecule has 0 aliphatic rings. The Morgan fingerprint density at radius 1 is 1.19 bits per heavy atom. The number of nitrogen functional groups attached to an aromatic ring is 1. The smallest absolute Gasteiger partial charge is 0.119 e. The number of hydrogen-bond donors (Lipinski definition) is 1. The van der Waals surface area contributed by atoms with Crippen LogP contribution in [0, 0.1) is 11.3 Å². The van der Waals surface area contributed by atoms with Gasteiger partial charge in [0.15, 0.2) is 0 Å². The van der Waals surface area contributed by atoms with Gasteiger partial charge in [0.05, 0.1) is 11.6 Å². The largest absolute Gasteiger partial charge is 0.492 e. The Bertz CT molecular complexity index is 617. The van der Waals surface area contributed by atoms with Crippen LogP contribution in [0.3, 0.4) is 0 Å². The highest BCUT2D eigenvalue weighted by atomic mass is 16.5. The summed E-state index contributed by atoms with van der Waals surface area (Å²) in [6, 6.07) is 17.2. The van der Waals surface area contributed by atoms with E-state index in [0.29, 0.717) is 12.2 Å². The minimum atomic E-state index is 0.609. The monoisotopic (exact) mass is 281 g/mol. The molecule has 2 N–H and O–H groups in total. The first-order valence-electron chi connectivity index (χ1n) is 6.83. The van der Waals surface area contributed by atoms with Crippen LogP contribution >= 0.6 is 0 Å². The van der Waals surface area contributed by atoms with Crippen LogP contribution in [0.25, 0.3) is 0 Å². The third kappa shape index (κ3) is 4.83. The molecule has 0 fully saturated rings. The molecule has 2 rings (SSSR count). The lowest BCUT2D eigenvalue weighted by atomic mass is 10.1. The van der Waals surface area contributed by atoms with Crippen LogP contribution < -0.4 is 10.5 Å². The van der Waals surface area contributed by atoms with E-state index in [-0.39, 0.29) is 0 Å². The summed E-state index contributed by atoms with van der Waals surface area (Å²) >= 11 is 0. The number of benzene rings is 2. The predicted molar refractivity (Wildman–Crippen MR) is 83.8 cm³/mol. The van der Waals surface area contributed by atoms with Gasteiger partial charge in [0.1, 0.15) is 12.4 Å². The van der Waals surface area contributed by atoms with Crippen LogP contribution in [0.2, 0.25) is 0 Å². The molecule has 0 spiro atoms. The second-order valence-corrected chi connectivity index (χ2v) is 4.97. The van der Waals surface area contributed by atoms with Crippen molar-refractivity contribution in [1.82, 2.24) is 4.90 Å². The van der Waals surface area contributed by atoms with Gasteiger partial charge in [-0.3, -0.25) is 4.90 Å². The fourth-order valence-corrected chi connectivity index (χ4v) is 2.01. The first kappa shape index (κ1) is 14.9.